The van der Waals surface area contributed by atoms with Crippen molar-refractivity contribution in [2.24, 2.45) is 0 Å². The highest BCUT2D eigenvalue weighted by Crippen LogP contribution is 2.38. The fourth-order valence-electron chi connectivity index (χ4n) is 4.22. The lowest BCUT2D eigenvalue weighted by molar-refractivity contribution is 0.00446. The molecule has 0 spiro atoms. The molecule has 0 saturated heterocycles. The van der Waals surface area contributed by atoms with Crippen molar-refractivity contribution in [3.8, 4) is 34.5 Å². The Balaban J connectivity index is 1.83. The summed E-state index contributed by atoms with van der Waals surface area (Å²) >= 11 is 0. The van der Waals surface area contributed by atoms with E-state index in [9.17, 15) is 4.21 Å². The number of rotatable bonds is 12. The Hall–Kier alpha value is -3.88. The lowest BCUT2D eigenvalue weighted by Gasteiger charge is -2.29. The van der Waals surface area contributed by atoms with E-state index in [0.717, 1.165) is 5.56 Å². The van der Waals surface area contributed by atoms with E-state index >= 15 is 0 Å². The molecule has 0 aliphatic carbocycles. The van der Waals surface area contributed by atoms with Crippen molar-refractivity contribution >= 4 is 24.0 Å². The first-order valence-electron chi connectivity index (χ1n) is 12.8. The van der Waals surface area contributed by atoms with Gasteiger partial charge in [-0.15, -0.1) is 10.2 Å². The van der Waals surface area contributed by atoms with Crippen LogP contribution in [0.2, 0.25) is 0 Å². The number of nitrogens with one attached hydrogen (secondary N) is 1. The Morgan fingerprint density at radius 2 is 1.66 bits per heavy atom. The first-order valence-corrected chi connectivity index (χ1v) is 16.4. The van der Waals surface area contributed by atoms with Crippen LogP contribution in [-0.4, -0.2) is 75.6 Å². The number of pyridine rings is 1. The highest BCUT2D eigenvalue weighted by molar-refractivity contribution is 8.06. The molecule has 3 atom stereocenters. The second-order valence-corrected chi connectivity index (χ2v) is 14.5. The van der Waals surface area contributed by atoms with Gasteiger partial charge in [0.05, 0.1) is 59.7 Å². The summed E-state index contributed by atoms with van der Waals surface area (Å²) in [6.45, 7) is 7.61. The lowest BCUT2D eigenvalue weighted by Crippen LogP contribution is -2.34. The minimum absolute atomic E-state index is 0.160. The summed E-state index contributed by atoms with van der Waals surface area (Å²) in [5.74, 6) is 2.11. The van der Waals surface area contributed by atoms with Crippen LogP contribution in [-0.2, 0) is 13.9 Å². The third-order valence-corrected chi connectivity index (χ3v) is 10.3. The van der Waals surface area contributed by atoms with Crippen LogP contribution in [0.5, 0.6) is 17.4 Å². The second kappa shape index (κ2) is 12.7. The van der Waals surface area contributed by atoms with Crippen LogP contribution < -0.4 is 18.9 Å². The normalized spacial score (nSPS) is 14.2. The van der Waals surface area contributed by atoms with Crippen LogP contribution in [0.25, 0.3) is 17.1 Å². The Kier molecular flexibility index (Phi) is 9.35. The molecule has 0 aliphatic heterocycles. The Labute approximate surface area is 242 Å². The molecule has 12 nitrogen and oxygen atoms in total. The maximum absolute atomic E-state index is 14.5. The van der Waals surface area contributed by atoms with Gasteiger partial charge >= 0.3 is 0 Å². The molecule has 0 bridgehead atoms. The van der Waals surface area contributed by atoms with E-state index in [4.69, 9.17) is 18.9 Å². The van der Waals surface area contributed by atoms with E-state index in [-0.39, 0.29) is 12.1 Å². The molecule has 4 rings (SSSR count). The summed E-state index contributed by atoms with van der Waals surface area (Å²) in [4.78, 5) is 13.1. The average molecular weight is 598 g/mol. The zero-order valence-corrected chi connectivity index (χ0v) is 26.4. The number of hydrogen-bond acceptors (Lipinski definition) is 10. The topological polar surface area (TPSA) is 135 Å². The van der Waals surface area contributed by atoms with Gasteiger partial charge < -0.3 is 18.9 Å². The van der Waals surface area contributed by atoms with E-state index in [1.54, 1.807) is 37.4 Å². The van der Waals surface area contributed by atoms with Gasteiger partial charge in [-0.3, -0.25) is 23.5 Å². The van der Waals surface area contributed by atoms with E-state index in [0.29, 0.717) is 40.1 Å². The number of ether oxygens (including phenoxy) is 4. The number of methoxy groups -OCH3 is 3. The molecule has 41 heavy (non-hydrogen) atoms. The molecule has 0 amide bonds. The average Bonchev–Trinajstić information content (AvgIpc) is 3.37. The van der Waals surface area contributed by atoms with Crippen molar-refractivity contribution in [2.45, 2.75) is 45.2 Å². The van der Waals surface area contributed by atoms with Crippen molar-refractivity contribution in [2.75, 3.05) is 26.1 Å². The standard InChI is InChI=1S/C27H35N7O5SSi/c1-16(2)39-25(20-14-30-23(38-7)15-29-20)18(4)40(35,41)33-27-32-31-26(19-11-17(3)12-28-13-19)34(27)24-21(36-5)9-8-10-22(24)37-6/h8-16,18,25H,41H2,1-7H3,(H,32,33,35)/t18-,25+,40?/m0/s1. The van der Waals surface area contributed by atoms with Gasteiger partial charge in [0, 0.05) is 27.1 Å². The van der Waals surface area contributed by atoms with E-state index in [1.807, 2.05) is 52.0 Å². The van der Waals surface area contributed by atoms with Crippen molar-refractivity contribution in [3.05, 3.63) is 60.3 Å². The number of aromatic nitrogens is 6. The van der Waals surface area contributed by atoms with Crippen LogP contribution in [0.1, 0.15) is 38.1 Å². The van der Waals surface area contributed by atoms with Crippen molar-refractivity contribution in [1.29, 1.82) is 0 Å². The smallest absolute Gasteiger partial charge is 0.240 e. The van der Waals surface area contributed by atoms with Gasteiger partial charge in [0.25, 0.3) is 0 Å². The van der Waals surface area contributed by atoms with Crippen LogP contribution in [0, 0.1) is 6.92 Å². The molecule has 3 aromatic heterocycles. The van der Waals surface area contributed by atoms with E-state index in [2.05, 4.69) is 29.9 Å². The molecule has 218 valence electrons. The summed E-state index contributed by atoms with van der Waals surface area (Å²) in [6, 6.07) is 7.38. The summed E-state index contributed by atoms with van der Waals surface area (Å²) in [5, 5.41) is 8.36. The van der Waals surface area contributed by atoms with Gasteiger partial charge in [0.15, 0.2) is 5.82 Å². The number of hydrogen-bond donors (Lipinski definition) is 1. The van der Waals surface area contributed by atoms with Gasteiger partial charge in [-0.2, -0.15) is 0 Å². The summed E-state index contributed by atoms with van der Waals surface area (Å²) in [6.07, 6.45) is 5.74. The maximum Gasteiger partial charge on any atom is 0.240 e. The fraction of sp³-hybridized carbons (Fsp3) is 0.370. The first kappa shape index (κ1) is 30.1. The number of aryl methyl sites for hydroxylation is 1. The van der Waals surface area contributed by atoms with Crippen molar-refractivity contribution < 1.29 is 23.2 Å². The molecule has 1 aromatic carbocycles. The summed E-state index contributed by atoms with van der Waals surface area (Å²) < 4.78 is 42.2. The van der Waals surface area contributed by atoms with Crippen molar-refractivity contribution in [3.63, 3.8) is 0 Å². The highest BCUT2D eigenvalue weighted by Gasteiger charge is 2.32. The number of benzene rings is 1. The van der Waals surface area contributed by atoms with E-state index in [1.165, 1.54) is 22.3 Å². The minimum Gasteiger partial charge on any atom is -0.494 e. The van der Waals surface area contributed by atoms with Crippen LogP contribution >= 0.6 is 0 Å². The predicted octanol–water partition coefficient (Wildman–Crippen LogP) is 3.17. The molecule has 3 heterocycles. The Morgan fingerprint density at radius 1 is 0.951 bits per heavy atom. The zero-order chi connectivity index (χ0) is 29.7. The molecule has 14 heteroatoms. The van der Waals surface area contributed by atoms with Gasteiger partial charge in [0.2, 0.25) is 11.8 Å². The highest BCUT2D eigenvalue weighted by atomic mass is 32.3. The van der Waals surface area contributed by atoms with Crippen LogP contribution in [0.3, 0.4) is 0 Å². The molecule has 0 fully saturated rings. The summed E-state index contributed by atoms with van der Waals surface area (Å²) in [5.41, 5.74) is 2.74. The number of nitrogens with zero attached hydrogens (tertiary/aromatic N) is 6. The third-order valence-electron chi connectivity index (χ3n) is 6.28. The molecular formula is C27H35N7O5SSi. The zero-order valence-electron chi connectivity index (χ0n) is 24.2. The maximum atomic E-state index is 14.5. The van der Waals surface area contributed by atoms with Gasteiger partial charge in [-0.25, -0.2) is 4.98 Å². The molecular weight excluding hydrogens is 562 g/mol. The molecule has 1 unspecified atom stereocenters. The predicted molar refractivity (Wildman–Crippen MR) is 160 cm³/mol. The van der Waals surface area contributed by atoms with Gasteiger partial charge in [-0.05, 0) is 51.5 Å². The number of anilines is 1. The SMILES string of the molecule is COc1cnc([C@H](OC(C)C)[C@H](C)S(=O)(=[SiH2])Nc2nnc(-c3cncc(C)c3)n2-c2c(OC)cccc2OC)cn1. The molecule has 1 N–H and O–H groups in total. The first-order chi connectivity index (χ1) is 19.6. The monoisotopic (exact) mass is 597 g/mol. The minimum atomic E-state index is -2.89. The molecule has 0 saturated carbocycles. The molecule has 4 aromatic rings. The molecule has 0 aliphatic rings. The van der Waals surface area contributed by atoms with E-state index < -0.39 is 20.5 Å². The van der Waals surface area contributed by atoms with Gasteiger partial charge in [0.1, 0.15) is 23.3 Å². The Morgan fingerprint density at radius 3 is 2.22 bits per heavy atom. The second-order valence-electron chi connectivity index (χ2n) is 9.57. The van der Waals surface area contributed by atoms with Gasteiger partial charge in [-0.1, -0.05) is 6.07 Å². The Bertz CT molecular complexity index is 1570. The summed E-state index contributed by atoms with van der Waals surface area (Å²) in [7, 11) is 3.12. The molecule has 0 radical (unpaired) electrons. The quantitative estimate of drug-likeness (QED) is 0.243. The van der Waals surface area contributed by atoms with Crippen molar-refractivity contribution in [1.82, 2.24) is 29.7 Å². The largest absolute Gasteiger partial charge is 0.494 e. The third kappa shape index (κ3) is 6.55. The fourth-order valence-corrected chi connectivity index (χ4v) is 6.36. The van der Waals surface area contributed by atoms with Crippen LogP contribution in [0.15, 0.2) is 49.1 Å². The number of para-hydroxylation sites is 1. The van der Waals surface area contributed by atoms with Crippen LogP contribution in [0.4, 0.5) is 5.95 Å². The lowest BCUT2D eigenvalue weighted by atomic mass is 10.2.